The Hall–Kier alpha value is -2.22. The van der Waals surface area contributed by atoms with E-state index in [4.69, 9.17) is 0 Å². The Morgan fingerprint density at radius 1 is 0.867 bits per heavy atom. The maximum Gasteiger partial charge on any atom is 0.228 e. The molecule has 1 amide bonds. The number of anilines is 1. The summed E-state index contributed by atoms with van der Waals surface area (Å²) in [6, 6.07) is 18.5. The van der Waals surface area contributed by atoms with Crippen LogP contribution in [0.2, 0.25) is 0 Å². The Morgan fingerprint density at radius 3 is 1.97 bits per heavy atom. The number of rotatable bonds is 6. The van der Waals surface area contributed by atoms with Gasteiger partial charge in [0.15, 0.2) is 9.84 Å². The van der Waals surface area contributed by atoms with Crippen molar-refractivity contribution in [2.24, 2.45) is 5.92 Å². The number of benzene rings is 2. The molecule has 2 aliphatic rings. The third kappa shape index (κ3) is 5.68. The number of nitrogens with zero attached hydrogens (tertiary/aromatic N) is 2. The van der Waals surface area contributed by atoms with Gasteiger partial charge in [-0.15, -0.1) is 0 Å². The molecule has 4 rings (SSSR count). The van der Waals surface area contributed by atoms with Gasteiger partial charge in [0.1, 0.15) is 0 Å². The average molecular weight is 428 g/mol. The number of sulfone groups is 1. The van der Waals surface area contributed by atoms with Crippen LogP contribution in [0.4, 0.5) is 5.69 Å². The van der Waals surface area contributed by atoms with Crippen LogP contribution in [-0.2, 0) is 27.7 Å². The van der Waals surface area contributed by atoms with E-state index in [0.29, 0.717) is 6.42 Å². The lowest BCUT2D eigenvalue weighted by molar-refractivity contribution is -0.119. The average Bonchev–Trinajstić information content (AvgIpc) is 3.12. The Morgan fingerprint density at radius 2 is 1.43 bits per heavy atom. The topological polar surface area (TPSA) is 69.7 Å². The van der Waals surface area contributed by atoms with Crippen LogP contribution in [-0.4, -0.2) is 61.8 Å². The van der Waals surface area contributed by atoms with Crippen LogP contribution in [0.15, 0.2) is 54.6 Å². The Balaban J connectivity index is 1.23. The molecule has 30 heavy (non-hydrogen) atoms. The van der Waals surface area contributed by atoms with Crippen molar-refractivity contribution < 1.29 is 13.2 Å². The van der Waals surface area contributed by atoms with Crippen molar-refractivity contribution in [3.63, 3.8) is 0 Å². The van der Waals surface area contributed by atoms with Gasteiger partial charge >= 0.3 is 0 Å². The van der Waals surface area contributed by atoms with Crippen molar-refractivity contribution in [2.75, 3.05) is 43.0 Å². The van der Waals surface area contributed by atoms with Gasteiger partial charge in [-0.25, -0.2) is 8.42 Å². The molecular weight excluding hydrogens is 398 g/mol. The Labute approximate surface area is 178 Å². The molecule has 6 nitrogen and oxygen atoms in total. The quantitative estimate of drug-likeness (QED) is 0.767. The molecule has 2 heterocycles. The number of carbonyl (C=O) groups excluding carboxylic acids is 1. The highest BCUT2D eigenvalue weighted by Crippen LogP contribution is 2.21. The second-order valence-electron chi connectivity index (χ2n) is 8.32. The fraction of sp³-hybridized carbons (Fsp3) is 0.435. The monoisotopic (exact) mass is 427 g/mol. The summed E-state index contributed by atoms with van der Waals surface area (Å²) >= 11 is 0. The zero-order valence-corrected chi connectivity index (χ0v) is 18.0. The minimum absolute atomic E-state index is 0.0346. The number of amides is 1. The molecular formula is C23H29N3O3S. The number of hydrogen-bond donors (Lipinski definition) is 1. The zero-order valence-electron chi connectivity index (χ0n) is 17.2. The van der Waals surface area contributed by atoms with Gasteiger partial charge in [0.05, 0.1) is 17.4 Å². The summed E-state index contributed by atoms with van der Waals surface area (Å²) in [5.74, 6) is -0.546. The fourth-order valence-corrected chi connectivity index (χ4v) is 5.89. The summed E-state index contributed by atoms with van der Waals surface area (Å²) < 4.78 is 23.1. The molecule has 2 aliphatic heterocycles. The standard InChI is InChI=1S/C23H29N3O3S/c27-23(21-10-15-30(28,29)18-21)24-22-8-6-20(7-9-22)17-26-13-11-25(12-14-26)16-19-4-2-1-3-5-19/h1-9,21H,10-18H2,(H,24,27). The van der Waals surface area contributed by atoms with E-state index in [1.807, 2.05) is 24.3 Å². The molecule has 0 aromatic heterocycles. The molecule has 1 atom stereocenters. The van der Waals surface area contributed by atoms with Crippen LogP contribution in [0.5, 0.6) is 0 Å². The number of nitrogens with one attached hydrogen (secondary N) is 1. The van der Waals surface area contributed by atoms with Crippen LogP contribution < -0.4 is 5.32 Å². The van der Waals surface area contributed by atoms with Crippen molar-refractivity contribution in [3.05, 3.63) is 65.7 Å². The van der Waals surface area contributed by atoms with Gasteiger partial charge in [-0.1, -0.05) is 42.5 Å². The molecule has 7 heteroatoms. The number of carbonyl (C=O) groups is 1. The fourth-order valence-electron chi connectivity index (χ4n) is 4.14. The zero-order chi connectivity index (χ0) is 21.0. The SMILES string of the molecule is O=C(Nc1ccc(CN2CCN(Cc3ccccc3)CC2)cc1)C1CCS(=O)(=O)C1. The van der Waals surface area contributed by atoms with Gasteiger partial charge in [0.2, 0.25) is 5.91 Å². The van der Waals surface area contributed by atoms with Gasteiger partial charge in [-0.3, -0.25) is 14.6 Å². The van der Waals surface area contributed by atoms with Crippen LogP contribution in [0.25, 0.3) is 0 Å². The Kier molecular flexibility index (Phi) is 6.51. The van der Waals surface area contributed by atoms with E-state index in [9.17, 15) is 13.2 Å². The molecule has 1 unspecified atom stereocenters. The first-order valence-corrected chi connectivity index (χ1v) is 12.4. The first kappa shape index (κ1) is 21.0. The van der Waals surface area contributed by atoms with Crippen molar-refractivity contribution in [1.29, 1.82) is 0 Å². The third-order valence-corrected chi connectivity index (χ3v) is 7.71. The molecule has 0 radical (unpaired) electrons. The lowest BCUT2D eigenvalue weighted by Crippen LogP contribution is -2.45. The molecule has 160 valence electrons. The molecule has 2 aromatic rings. The van der Waals surface area contributed by atoms with E-state index < -0.39 is 15.8 Å². The summed E-state index contributed by atoms with van der Waals surface area (Å²) in [6.07, 6.45) is 0.419. The summed E-state index contributed by atoms with van der Waals surface area (Å²) in [4.78, 5) is 17.2. The van der Waals surface area contributed by atoms with Gasteiger partial charge in [0, 0.05) is 45.0 Å². The van der Waals surface area contributed by atoms with Crippen molar-refractivity contribution in [3.8, 4) is 0 Å². The highest BCUT2D eigenvalue weighted by Gasteiger charge is 2.32. The van der Waals surface area contributed by atoms with E-state index >= 15 is 0 Å². The third-order valence-electron chi connectivity index (χ3n) is 5.94. The molecule has 1 N–H and O–H groups in total. The van der Waals surface area contributed by atoms with Crippen molar-refractivity contribution in [1.82, 2.24) is 9.80 Å². The van der Waals surface area contributed by atoms with Gasteiger partial charge in [-0.2, -0.15) is 0 Å². The van der Waals surface area contributed by atoms with Gasteiger partial charge in [-0.05, 0) is 29.7 Å². The first-order chi connectivity index (χ1) is 14.5. The largest absolute Gasteiger partial charge is 0.326 e. The van der Waals surface area contributed by atoms with E-state index in [0.717, 1.165) is 45.0 Å². The lowest BCUT2D eigenvalue weighted by atomic mass is 10.1. The Bertz CT molecular complexity index is 953. The summed E-state index contributed by atoms with van der Waals surface area (Å²) in [5.41, 5.74) is 3.30. The van der Waals surface area contributed by atoms with E-state index in [1.54, 1.807) is 0 Å². The highest BCUT2D eigenvalue weighted by molar-refractivity contribution is 7.91. The van der Waals surface area contributed by atoms with E-state index in [1.165, 1.54) is 11.1 Å². The minimum atomic E-state index is -3.05. The van der Waals surface area contributed by atoms with Crippen molar-refractivity contribution in [2.45, 2.75) is 19.5 Å². The molecule has 0 aliphatic carbocycles. The van der Waals surface area contributed by atoms with E-state index in [2.05, 4.69) is 45.4 Å². The molecule has 2 saturated heterocycles. The first-order valence-electron chi connectivity index (χ1n) is 10.6. The lowest BCUT2D eigenvalue weighted by Gasteiger charge is -2.34. The molecule has 2 fully saturated rings. The molecule has 2 aromatic carbocycles. The van der Waals surface area contributed by atoms with Crippen LogP contribution >= 0.6 is 0 Å². The number of piperazine rings is 1. The molecule has 0 spiro atoms. The maximum atomic E-state index is 12.3. The highest BCUT2D eigenvalue weighted by atomic mass is 32.2. The normalized spacial score (nSPS) is 22.1. The maximum absolute atomic E-state index is 12.3. The predicted octanol–water partition coefficient (Wildman–Crippen LogP) is 2.38. The van der Waals surface area contributed by atoms with Gasteiger partial charge in [0.25, 0.3) is 0 Å². The summed E-state index contributed by atoms with van der Waals surface area (Å²) in [7, 11) is -3.05. The predicted molar refractivity (Wildman–Crippen MR) is 119 cm³/mol. The minimum Gasteiger partial charge on any atom is -0.326 e. The smallest absolute Gasteiger partial charge is 0.228 e. The second kappa shape index (κ2) is 9.29. The van der Waals surface area contributed by atoms with Gasteiger partial charge < -0.3 is 5.32 Å². The molecule has 0 bridgehead atoms. The van der Waals surface area contributed by atoms with Crippen LogP contribution in [0, 0.1) is 5.92 Å². The number of hydrogen-bond acceptors (Lipinski definition) is 5. The summed E-state index contributed by atoms with van der Waals surface area (Å²) in [6.45, 7) is 6.11. The van der Waals surface area contributed by atoms with Crippen LogP contribution in [0.1, 0.15) is 17.5 Å². The summed E-state index contributed by atoms with van der Waals surface area (Å²) in [5, 5.41) is 2.86. The van der Waals surface area contributed by atoms with Crippen LogP contribution in [0.3, 0.4) is 0 Å². The van der Waals surface area contributed by atoms with E-state index in [-0.39, 0.29) is 17.4 Å². The molecule has 0 saturated carbocycles. The second-order valence-corrected chi connectivity index (χ2v) is 10.6. The van der Waals surface area contributed by atoms with Crippen molar-refractivity contribution >= 4 is 21.4 Å².